The zero-order valence-corrected chi connectivity index (χ0v) is 19.9. The van der Waals surface area contributed by atoms with Gasteiger partial charge in [-0.2, -0.15) is 0 Å². The maximum atomic E-state index is 12.3. The van der Waals surface area contributed by atoms with Crippen LogP contribution in [0.4, 0.5) is 0 Å². The number of hydrogen-bond donors (Lipinski definition) is 1. The van der Waals surface area contributed by atoms with Crippen molar-refractivity contribution in [3.63, 3.8) is 0 Å². The molecule has 1 amide bonds. The number of benzene rings is 3. The van der Waals surface area contributed by atoms with Gasteiger partial charge in [0.05, 0.1) is 11.0 Å². The summed E-state index contributed by atoms with van der Waals surface area (Å²) in [7, 11) is 0. The zero-order valence-electron chi connectivity index (χ0n) is 19.9. The van der Waals surface area contributed by atoms with Crippen molar-refractivity contribution < 1.29 is 4.79 Å². The lowest BCUT2D eigenvalue weighted by Crippen LogP contribution is -2.24. The molecule has 0 aliphatic heterocycles. The van der Waals surface area contributed by atoms with Crippen LogP contribution in [0, 0.1) is 20.8 Å². The van der Waals surface area contributed by atoms with Gasteiger partial charge in [0.1, 0.15) is 5.82 Å². The molecule has 4 nitrogen and oxygen atoms in total. The minimum absolute atomic E-state index is 0.00835. The third-order valence-corrected chi connectivity index (χ3v) is 6.21. The highest BCUT2D eigenvalue weighted by atomic mass is 16.1. The maximum absolute atomic E-state index is 12.3. The molecule has 0 spiro atoms. The number of nitrogens with zero attached hydrogens (tertiary/aromatic N) is 2. The van der Waals surface area contributed by atoms with Crippen molar-refractivity contribution in [1.29, 1.82) is 0 Å². The van der Waals surface area contributed by atoms with Gasteiger partial charge in [-0.25, -0.2) is 4.98 Å². The van der Waals surface area contributed by atoms with Crippen molar-refractivity contribution >= 4 is 16.9 Å². The van der Waals surface area contributed by atoms with Gasteiger partial charge in [-0.05, 0) is 69.0 Å². The molecule has 0 aliphatic rings. The summed E-state index contributed by atoms with van der Waals surface area (Å²) < 4.78 is 2.37. The molecule has 1 heterocycles. The molecule has 3 aromatic carbocycles. The van der Waals surface area contributed by atoms with Crippen molar-refractivity contribution in [3.8, 4) is 0 Å². The molecule has 0 saturated heterocycles. The maximum Gasteiger partial charge on any atom is 0.251 e. The average Bonchev–Trinajstić information content (AvgIpc) is 3.15. The highest BCUT2D eigenvalue weighted by Gasteiger charge is 2.12. The summed E-state index contributed by atoms with van der Waals surface area (Å²) in [5, 5.41) is 3.04. The Balaban J connectivity index is 1.35. The summed E-state index contributed by atoms with van der Waals surface area (Å²) >= 11 is 0. The quantitative estimate of drug-likeness (QED) is 0.318. The highest BCUT2D eigenvalue weighted by molar-refractivity contribution is 5.94. The second-order valence-electron chi connectivity index (χ2n) is 8.97. The number of carbonyl (C=O) groups is 1. The molecule has 1 N–H and O–H groups in total. The van der Waals surface area contributed by atoms with Gasteiger partial charge in [0.25, 0.3) is 5.91 Å². The third-order valence-electron chi connectivity index (χ3n) is 6.21. The predicted molar refractivity (Wildman–Crippen MR) is 136 cm³/mol. The minimum atomic E-state index is 0.00835. The fraction of sp³-hybridized carbons (Fsp3) is 0.310. The summed E-state index contributed by atoms with van der Waals surface area (Å²) in [6, 6.07) is 22.8. The topological polar surface area (TPSA) is 46.9 Å². The van der Waals surface area contributed by atoms with E-state index in [1.54, 1.807) is 0 Å². The Morgan fingerprint density at radius 1 is 0.879 bits per heavy atom. The zero-order chi connectivity index (χ0) is 23.2. The van der Waals surface area contributed by atoms with E-state index in [-0.39, 0.29) is 5.91 Å². The Kier molecular flexibility index (Phi) is 7.23. The number of para-hydroxylation sites is 2. The number of unbranched alkanes of at least 4 members (excludes halogenated alkanes) is 2. The summed E-state index contributed by atoms with van der Waals surface area (Å²) in [5.74, 6) is 1.15. The molecule has 0 radical (unpaired) electrons. The van der Waals surface area contributed by atoms with E-state index in [0.717, 1.165) is 54.7 Å². The largest absolute Gasteiger partial charge is 0.352 e. The van der Waals surface area contributed by atoms with E-state index in [1.807, 2.05) is 31.2 Å². The van der Waals surface area contributed by atoms with E-state index >= 15 is 0 Å². The first-order valence-electron chi connectivity index (χ1n) is 11.9. The lowest BCUT2D eigenvalue weighted by atomic mass is 10.1. The molecular formula is C29H33N3O. The van der Waals surface area contributed by atoms with Crippen LogP contribution in [-0.4, -0.2) is 22.0 Å². The third kappa shape index (κ3) is 5.70. The first-order valence-corrected chi connectivity index (χ1v) is 11.9. The van der Waals surface area contributed by atoms with E-state index in [2.05, 4.69) is 66.2 Å². The number of amides is 1. The van der Waals surface area contributed by atoms with Crippen LogP contribution in [0.5, 0.6) is 0 Å². The van der Waals surface area contributed by atoms with E-state index in [1.165, 1.54) is 22.2 Å². The fourth-order valence-electron chi connectivity index (χ4n) is 4.31. The predicted octanol–water partition coefficient (Wildman–Crippen LogP) is 6.15. The molecule has 0 unspecified atom stereocenters. The van der Waals surface area contributed by atoms with Crippen LogP contribution in [0.15, 0.2) is 66.7 Å². The van der Waals surface area contributed by atoms with Crippen LogP contribution in [0.25, 0.3) is 11.0 Å². The van der Waals surface area contributed by atoms with Crippen molar-refractivity contribution in [2.45, 2.75) is 53.0 Å². The minimum Gasteiger partial charge on any atom is -0.352 e. The van der Waals surface area contributed by atoms with Gasteiger partial charge in [-0.3, -0.25) is 4.79 Å². The van der Waals surface area contributed by atoms with Crippen LogP contribution in [0.2, 0.25) is 0 Å². The van der Waals surface area contributed by atoms with E-state index in [4.69, 9.17) is 4.98 Å². The van der Waals surface area contributed by atoms with Crippen LogP contribution < -0.4 is 5.32 Å². The Labute approximate surface area is 196 Å². The number of aromatic nitrogens is 2. The van der Waals surface area contributed by atoms with Crippen LogP contribution >= 0.6 is 0 Å². The Morgan fingerprint density at radius 3 is 2.55 bits per heavy atom. The number of aryl methyl sites for hydroxylation is 4. The smallest absolute Gasteiger partial charge is 0.251 e. The van der Waals surface area contributed by atoms with Gasteiger partial charge in [0.15, 0.2) is 0 Å². The first kappa shape index (κ1) is 22.8. The summed E-state index contributed by atoms with van der Waals surface area (Å²) in [6.45, 7) is 7.87. The van der Waals surface area contributed by atoms with Gasteiger partial charge in [0, 0.05) is 25.1 Å². The van der Waals surface area contributed by atoms with Gasteiger partial charge < -0.3 is 9.88 Å². The van der Waals surface area contributed by atoms with Gasteiger partial charge >= 0.3 is 0 Å². The lowest BCUT2D eigenvalue weighted by Gasteiger charge is -2.12. The summed E-state index contributed by atoms with van der Waals surface area (Å²) in [5.41, 5.74) is 8.03. The molecular weight excluding hydrogens is 406 g/mol. The van der Waals surface area contributed by atoms with Crippen molar-refractivity contribution in [2.75, 3.05) is 6.54 Å². The molecule has 1 aromatic heterocycles. The van der Waals surface area contributed by atoms with E-state index in [9.17, 15) is 4.79 Å². The monoisotopic (exact) mass is 439 g/mol. The molecule has 4 aromatic rings. The van der Waals surface area contributed by atoms with Gasteiger partial charge in [0.2, 0.25) is 0 Å². The average molecular weight is 440 g/mol. The number of imidazole rings is 1. The number of fused-ring (bicyclic) bond motifs is 1. The molecule has 0 bridgehead atoms. The molecule has 4 heteroatoms. The Hall–Kier alpha value is -3.40. The number of rotatable bonds is 9. The fourth-order valence-corrected chi connectivity index (χ4v) is 4.31. The molecule has 0 aliphatic carbocycles. The van der Waals surface area contributed by atoms with Crippen molar-refractivity contribution in [2.24, 2.45) is 0 Å². The lowest BCUT2D eigenvalue weighted by molar-refractivity contribution is 0.0953. The Morgan fingerprint density at radius 2 is 1.70 bits per heavy atom. The highest BCUT2D eigenvalue weighted by Crippen LogP contribution is 2.21. The van der Waals surface area contributed by atoms with Gasteiger partial charge in [-0.1, -0.05) is 60.0 Å². The molecule has 170 valence electrons. The first-order chi connectivity index (χ1) is 16.0. The van der Waals surface area contributed by atoms with Crippen molar-refractivity contribution in [1.82, 2.24) is 14.9 Å². The number of hydrogen-bond acceptors (Lipinski definition) is 2. The summed E-state index contributed by atoms with van der Waals surface area (Å²) in [6.07, 6.45) is 4.01. The molecule has 33 heavy (non-hydrogen) atoms. The van der Waals surface area contributed by atoms with Crippen LogP contribution in [0.3, 0.4) is 0 Å². The van der Waals surface area contributed by atoms with E-state index in [0.29, 0.717) is 6.54 Å². The van der Waals surface area contributed by atoms with Crippen LogP contribution in [-0.2, 0) is 13.0 Å². The molecule has 4 rings (SSSR count). The van der Waals surface area contributed by atoms with E-state index < -0.39 is 0 Å². The van der Waals surface area contributed by atoms with Crippen molar-refractivity contribution in [3.05, 3.63) is 100 Å². The molecule has 0 atom stereocenters. The molecule has 0 fully saturated rings. The van der Waals surface area contributed by atoms with Crippen LogP contribution in [0.1, 0.15) is 57.7 Å². The Bertz CT molecular complexity index is 1250. The second-order valence-corrected chi connectivity index (χ2v) is 8.97. The SMILES string of the molecule is Cc1cccc(C(=O)NCCCCCc2nc3ccccc3n2Cc2cc(C)ccc2C)c1. The number of nitrogens with one attached hydrogen (secondary N) is 1. The summed E-state index contributed by atoms with van der Waals surface area (Å²) in [4.78, 5) is 17.2. The standard InChI is InChI=1S/C29H33N3O/c1-21-10-9-11-24(18-21)29(33)30-17-8-4-5-14-28-31-26-12-6-7-13-27(26)32(28)20-25-19-22(2)15-16-23(25)3/h6-7,9-13,15-16,18-19H,4-5,8,14,17,20H2,1-3H3,(H,30,33). The normalized spacial score (nSPS) is 11.1. The van der Waals surface area contributed by atoms with Gasteiger partial charge in [-0.15, -0.1) is 0 Å². The second kappa shape index (κ2) is 10.5. The molecule has 0 saturated carbocycles. The number of carbonyl (C=O) groups excluding carboxylic acids is 1.